The van der Waals surface area contributed by atoms with E-state index in [9.17, 15) is 0 Å². The molecule has 0 amide bonds. The van der Waals surface area contributed by atoms with Crippen LogP contribution in [0.15, 0.2) is 6.07 Å². The summed E-state index contributed by atoms with van der Waals surface area (Å²) in [5, 5.41) is 10.3. The van der Waals surface area contributed by atoms with Gasteiger partial charge in [-0.3, -0.25) is 0 Å². The van der Waals surface area contributed by atoms with Crippen molar-refractivity contribution in [3.8, 4) is 0 Å². The summed E-state index contributed by atoms with van der Waals surface area (Å²) < 4.78 is 0. The minimum absolute atomic E-state index is 0.205. The van der Waals surface area contributed by atoms with E-state index in [0.717, 1.165) is 35.4 Å². The lowest BCUT2D eigenvalue weighted by molar-refractivity contribution is 0.282. The number of rotatable bonds is 6. The van der Waals surface area contributed by atoms with Gasteiger partial charge in [0, 0.05) is 24.1 Å². The molecule has 3 N–H and O–H groups in total. The van der Waals surface area contributed by atoms with Gasteiger partial charge in [-0.15, -0.1) is 11.3 Å². The number of aliphatic hydroxyl groups is 1. The first-order chi connectivity index (χ1) is 10.2. The van der Waals surface area contributed by atoms with Gasteiger partial charge in [-0.1, -0.05) is 6.92 Å². The third-order valence-electron chi connectivity index (χ3n) is 4.13. The van der Waals surface area contributed by atoms with Crippen molar-refractivity contribution in [3.05, 3.63) is 10.9 Å². The topological polar surface area (TPSA) is 75.3 Å². The Labute approximate surface area is 128 Å². The quantitative estimate of drug-likeness (QED) is 0.858. The molecule has 0 radical (unpaired) electrons. The first-order valence-electron chi connectivity index (χ1n) is 7.66. The monoisotopic (exact) mass is 306 g/mol. The molecule has 0 spiro atoms. The molecule has 1 fully saturated rings. The van der Waals surface area contributed by atoms with Crippen molar-refractivity contribution >= 4 is 33.3 Å². The van der Waals surface area contributed by atoms with Gasteiger partial charge in [-0.2, -0.15) is 4.98 Å². The van der Waals surface area contributed by atoms with E-state index in [1.54, 1.807) is 11.3 Å². The fourth-order valence-corrected chi connectivity index (χ4v) is 3.74. The SMILES string of the molecule is CCc1cc2c(N(CCCO)C3CCC3)nc(N)nc2s1. The largest absolute Gasteiger partial charge is 0.396 e. The molecule has 5 nitrogen and oxygen atoms in total. The molecular weight excluding hydrogens is 284 g/mol. The highest BCUT2D eigenvalue weighted by atomic mass is 32.1. The molecule has 6 heteroatoms. The number of aromatic nitrogens is 2. The van der Waals surface area contributed by atoms with Crippen LogP contribution < -0.4 is 10.6 Å². The molecule has 0 aromatic carbocycles. The van der Waals surface area contributed by atoms with Crippen LogP contribution in [0.5, 0.6) is 0 Å². The maximum absolute atomic E-state index is 9.16. The van der Waals surface area contributed by atoms with Gasteiger partial charge in [-0.25, -0.2) is 4.98 Å². The summed E-state index contributed by atoms with van der Waals surface area (Å²) in [6.45, 7) is 3.18. The molecule has 3 rings (SSSR count). The number of thiophene rings is 1. The van der Waals surface area contributed by atoms with Crippen LogP contribution in [0, 0.1) is 0 Å². The summed E-state index contributed by atoms with van der Waals surface area (Å²) in [6.07, 6.45) is 5.42. The number of anilines is 2. The van der Waals surface area contributed by atoms with Crippen LogP contribution in [0.3, 0.4) is 0 Å². The third kappa shape index (κ3) is 2.82. The summed E-state index contributed by atoms with van der Waals surface area (Å²) in [5.41, 5.74) is 5.91. The van der Waals surface area contributed by atoms with Gasteiger partial charge in [0.2, 0.25) is 5.95 Å². The van der Waals surface area contributed by atoms with Gasteiger partial charge in [0.05, 0.1) is 5.39 Å². The Morgan fingerprint density at radius 3 is 2.86 bits per heavy atom. The predicted octanol–water partition coefficient (Wildman–Crippen LogP) is 2.58. The van der Waals surface area contributed by atoms with Crippen LogP contribution in [0.4, 0.5) is 11.8 Å². The van der Waals surface area contributed by atoms with Gasteiger partial charge in [0.15, 0.2) is 0 Å². The van der Waals surface area contributed by atoms with Crippen LogP contribution in [0.2, 0.25) is 0 Å². The third-order valence-corrected chi connectivity index (χ3v) is 5.31. The van der Waals surface area contributed by atoms with Crippen molar-refractivity contribution in [2.75, 3.05) is 23.8 Å². The Morgan fingerprint density at radius 1 is 1.43 bits per heavy atom. The Bertz CT molecular complexity index is 623. The van der Waals surface area contributed by atoms with E-state index in [1.807, 2.05) is 0 Å². The van der Waals surface area contributed by atoms with Crippen molar-refractivity contribution in [2.45, 2.75) is 45.1 Å². The second kappa shape index (κ2) is 6.15. The van der Waals surface area contributed by atoms with Crippen molar-refractivity contribution in [3.63, 3.8) is 0 Å². The zero-order valence-corrected chi connectivity index (χ0v) is 13.2. The Kier molecular flexibility index (Phi) is 4.26. The number of aryl methyl sites for hydroxylation is 1. The molecule has 0 bridgehead atoms. The van der Waals surface area contributed by atoms with Crippen LogP contribution in [-0.2, 0) is 6.42 Å². The average molecular weight is 306 g/mol. The highest BCUT2D eigenvalue weighted by Gasteiger charge is 2.27. The summed E-state index contributed by atoms with van der Waals surface area (Å²) in [7, 11) is 0. The van der Waals surface area contributed by atoms with Crippen LogP contribution in [0.25, 0.3) is 10.2 Å². The number of nitrogens with two attached hydrogens (primary N) is 1. The molecule has 0 saturated heterocycles. The van der Waals surface area contributed by atoms with E-state index in [4.69, 9.17) is 10.8 Å². The zero-order chi connectivity index (χ0) is 14.8. The second-order valence-corrected chi connectivity index (χ2v) is 6.66. The van der Waals surface area contributed by atoms with Crippen molar-refractivity contribution in [1.29, 1.82) is 0 Å². The van der Waals surface area contributed by atoms with E-state index in [0.29, 0.717) is 12.0 Å². The van der Waals surface area contributed by atoms with Gasteiger partial charge in [0.25, 0.3) is 0 Å². The van der Waals surface area contributed by atoms with Crippen molar-refractivity contribution in [1.82, 2.24) is 9.97 Å². The second-order valence-electron chi connectivity index (χ2n) is 5.55. The van der Waals surface area contributed by atoms with Crippen molar-refractivity contribution in [2.24, 2.45) is 0 Å². The Morgan fingerprint density at radius 2 is 2.24 bits per heavy atom. The molecular formula is C15H22N4OS. The van der Waals surface area contributed by atoms with E-state index in [2.05, 4.69) is 27.9 Å². The highest BCUT2D eigenvalue weighted by molar-refractivity contribution is 7.18. The fourth-order valence-electron chi connectivity index (χ4n) is 2.77. The lowest BCUT2D eigenvalue weighted by Crippen LogP contribution is -2.41. The molecule has 0 unspecified atom stereocenters. The predicted molar refractivity (Wildman–Crippen MR) is 87.9 cm³/mol. The minimum Gasteiger partial charge on any atom is -0.396 e. The maximum Gasteiger partial charge on any atom is 0.223 e. The van der Waals surface area contributed by atoms with Crippen LogP contribution in [0.1, 0.15) is 37.5 Å². The van der Waals surface area contributed by atoms with E-state index < -0.39 is 0 Å². The van der Waals surface area contributed by atoms with Crippen molar-refractivity contribution < 1.29 is 5.11 Å². The zero-order valence-electron chi connectivity index (χ0n) is 12.4. The average Bonchev–Trinajstić information content (AvgIpc) is 2.83. The molecule has 114 valence electrons. The number of aliphatic hydroxyl groups excluding tert-OH is 1. The molecule has 2 aromatic heterocycles. The normalized spacial score (nSPS) is 15.3. The van der Waals surface area contributed by atoms with Gasteiger partial charge >= 0.3 is 0 Å². The Balaban J connectivity index is 2.04. The van der Waals surface area contributed by atoms with Gasteiger partial charge in [0.1, 0.15) is 10.6 Å². The molecule has 2 heterocycles. The molecule has 21 heavy (non-hydrogen) atoms. The highest BCUT2D eigenvalue weighted by Crippen LogP contribution is 2.36. The molecule has 1 aliphatic carbocycles. The van der Waals surface area contributed by atoms with Gasteiger partial charge < -0.3 is 15.7 Å². The molecule has 0 atom stereocenters. The summed E-state index contributed by atoms with van der Waals surface area (Å²) >= 11 is 1.70. The summed E-state index contributed by atoms with van der Waals surface area (Å²) in [5.74, 6) is 1.29. The standard InChI is InChI=1S/C15H22N4OS/c1-2-11-9-12-13(17-15(16)18-14(12)21-11)19(7-4-8-20)10-5-3-6-10/h9-10,20H,2-8H2,1H3,(H2,16,17,18). The Hall–Kier alpha value is -1.40. The number of hydrogen-bond acceptors (Lipinski definition) is 6. The van der Waals surface area contributed by atoms with E-state index in [1.165, 1.54) is 24.1 Å². The lowest BCUT2D eigenvalue weighted by atomic mass is 9.91. The summed E-state index contributed by atoms with van der Waals surface area (Å²) in [4.78, 5) is 13.5. The smallest absolute Gasteiger partial charge is 0.223 e. The van der Waals surface area contributed by atoms with Gasteiger partial charge in [-0.05, 0) is 38.2 Å². The van der Waals surface area contributed by atoms with E-state index >= 15 is 0 Å². The number of nitrogen functional groups attached to an aromatic ring is 1. The first-order valence-corrected chi connectivity index (χ1v) is 8.48. The minimum atomic E-state index is 0.205. The van der Waals surface area contributed by atoms with Crippen LogP contribution >= 0.6 is 11.3 Å². The number of hydrogen-bond donors (Lipinski definition) is 2. The lowest BCUT2D eigenvalue weighted by Gasteiger charge is -2.38. The molecule has 1 saturated carbocycles. The molecule has 1 aliphatic rings. The number of nitrogens with zero attached hydrogens (tertiary/aromatic N) is 3. The van der Waals surface area contributed by atoms with Crippen LogP contribution in [-0.4, -0.2) is 34.3 Å². The maximum atomic E-state index is 9.16. The van der Waals surface area contributed by atoms with E-state index in [-0.39, 0.29) is 6.61 Å². The first kappa shape index (κ1) is 14.5. The number of fused-ring (bicyclic) bond motifs is 1. The molecule has 0 aliphatic heterocycles. The summed E-state index contributed by atoms with van der Waals surface area (Å²) in [6, 6.07) is 2.72. The fraction of sp³-hybridized carbons (Fsp3) is 0.600. The molecule has 2 aromatic rings.